The first kappa shape index (κ1) is 14.3. The van der Waals surface area contributed by atoms with Gasteiger partial charge >= 0.3 is 0 Å². The maximum absolute atomic E-state index is 10.6. The van der Waals surface area contributed by atoms with Gasteiger partial charge in [-0.3, -0.25) is 4.90 Å². The Kier molecular flexibility index (Phi) is 5.05. The molecule has 1 saturated heterocycles. The number of hydrogen-bond donors (Lipinski definition) is 1. The highest BCUT2D eigenvalue weighted by molar-refractivity contribution is 4.86. The van der Waals surface area contributed by atoms with Crippen molar-refractivity contribution < 1.29 is 9.84 Å². The van der Waals surface area contributed by atoms with Crippen molar-refractivity contribution in [1.82, 2.24) is 4.90 Å². The van der Waals surface area contributed by atoms with Crippen molar-refractivity contribution >= 4 is 0 Å². The third-order valence-corrected chi connectivity index (χ3v) is 4.70. The molecular formula is C15H29NO2. The highest BCUT2D eigenvalue weighted by Crippen LogP contribution is 2.36. The number of rotatable bonds is 3. The van der Waals surface area contributed by atoms with Gasteiger partial charge in [0.2, 0.25) is 0 Å². The van der Waals surface area contributed by atoms with E-state index in [0.717, 1.165) is 50.9 Å². The van der Waals surface area contributed by atoms with E-state index in [1.54, 1.807) is 0 Å². The first-order valence-electron chi connectivity index (χ1n) is 7.62. The molecule has 0 radical (unpaired) electrons. The molecule has 2 rings (SSSR count). The van der Waals surface area contributed by atoms with E-state index in [0.29, 0.717) is 5.92 Å². The van der Waals surface area contributed by atoms with Crippen LogP contribution in [-0.4, -0.2) is 48.5 Å². The zero-order chi connectivity index (χ0) is 13.1. The van der Waals surface area contributed by atoms with Gasteiger partial charge in [-0.1, -0.05) is 20.8 Å². The summed E-state index contributed by atoms with van der Waals surface area (Å²) in [5.41, 5.74) is 0. The molecule has 1 aliphatic carbocycles. The van der Waals surface area contributed by atoms with Gasteiger partial charge in [0.15, 0.2) is 0 Å². The second-order valence-electron chi connectivity index (χ2n) is 6.47. The van der Waals surface area contributed by atoms with Crippen LogP contribution in [0.1, 0.15) is 40.0 Å². The molecule has 0 spiro atoms. The van der Waals surface area contributed by atoms with Crippen molar-refractivity contribution in [1.29, 1.82) is 0 Å². The molecule has 0 aromatic rings. The largest absolute Gasteiger partial charge is 0.390 e. The van der Waals surface area contributed by atoms with Gasteiger partial charge in [-0.25, -0.2) is 0 Å². The van der Waals surface area contributed by atoms with Crippen LogP contribution in [0.5, 0.6) is 0 Å². The molecule has 3 nitrogen and oxygen atoms in total. The Morgan fingerprint density at radius 1 is 1.22 bits per heavy atom. The minimum absolute atomic E-state index is 0.0289. The highest BCUT2D eigenvalue weighted by Gasteiger charge is 2.35. The molecule has 106 valence electrons. The normalized spacial score (nSPS) is 40.7. The molecule has 2 aliphatic rings. The zero-order valence-electron chi connectivity index (χ0n) is 12.1. The zero-order valence-corrected chi connectivity index (χ0v) is 12.1. The number of nitrogens with zero attached hydrogens (tertiary/aromatic N) is 1. The van der Waals surface area contributed by atoms with Crippen LogP contribution in [0.2, 0.25) is 0 Å². The van der Waals surface area contributed by atoms with Crippen LogP contribution in [0.4, 0.5) is 0 Å². The van der Waals surface area contributed by atoms with E-state index in [1.165, 1.54) is 6.42 Å². The SMILES string of the molecule is CCN1CCOC(C(O)C2CC(C)CC(C)C2)C1. The Hall–Kier alpha value is -0.120. The minimum atomic E-state index is -0.274. The monoisotopic (exact) mass is 255 g/mol. The van der Waals surface area contributed by atoms with Gasteiger partial charge in [0.1, 0.15) is 0 Å². The molecule has 1 saturated carbocycles. The fourth-order valence-electron chi connectivity index (χ4n) is 3.82. The van der Waals surface area contributed by atoms with Crippen molar-refractivity contribution in [3.8, 4) is 0 Å². The standard InChI is InChI=1S/C15H29NO2/c1-4-16-5-6-18-14(10-16)15(17)13-8-11(2)7-12(3)9-13/h11-15,17H,4-10H2,1-3H3. The van der Waals surface area contributed by atoms with Gasteiger partial charge in [-0.2, -0.15) is 0 Å². The molecule has 1 heterocycles. The second-order valence-corrected chi connectivity index (χ2v) is 6.47. The van der Waals surface area contributed by atoms with Crippen LogP contribution >= 0.6 is 0 Å². The summed E-state index contributed by atoms with van der Waals surface area (Å²) in [6, 6.07) is 0. The lowest BCUT2D eigenvalue weighted by Crippen LogP contribution is -2.50. The lowest BCUT2D eigenvalue weighted by molar-refractivity contribution is -0.113. The quantitative estimate of drug-likeness (QED) is 0.838. The molecule has 0 aromatic carbocycles. The number of aliphatic hydroxyl groups excluding tert-OH is 1. The fraction of sp³-hybridized carbons (Fsp3) is 1.00. The summed E-state index contributed by atoms with van der Waals surface area (Å²) < 4.78 is 5.80. The molecule has 0 bridgehead atoms. The summed E-state index contributed by atoms with van der Waals surface area (Å²) in [7, 11) is 0. The van der Waals surface area contributed by atoms with E-state index in [4.69, 9.17) is 4.74 Å². The Labute approximate surface area is 112 Å². The lowest BCUT2D eigenvalue weighted by Gasteiger charge is -2.40. The van der Waals surface area contributed by atoms with Crippen molar-refractivity contribution in [2.24, 2.45) is 17.8 Å². The summed E-state index contributed by atoms with van der Waals surface area (Å²) in [5.74, 6) is 1.93. The molecule has 2 fully saturated rings. The average molecular weight is 255 g/mol. The van der Waals surface area contributed by atoms with E-state index >= 15 is 0 Å². The van der Waals surface area contributed by atoms with Gasteiger partial charge in [0, 0.05) is 13.1 Å². The molecular weight excluding hydrogens is 226 g/mol. The van der Waals surface area contributed by atoms with Crippen LogP contribution in [0.15, 0.2) is 0 Å². The van der Waals surface area contributed by atoms with Crippen LogP contribution in [-0.2, 0) is 4.74 Å². The third kappa shape index (κ3) is 3.46. The molecule has 18 heavy (non-hydrogen) atoms. The smallest absolute Gasteiger partial charge is 0.0963 e. The van der Waals surface area contributed by atoms with Crippen molar-refractivity contribution in [2.45, 2.75) is 52.2 Å². The van der Waals surface area contributed by atoms with Gasteiger partial charge in [0.05, 0.1) is 18.8 Å². The maximum Gasteiger partial charge on any atom is 0.0963 e. The van der Waals surface area contributed by atoms with E-state index in [2.05, 4.69) is 25.7 Å². The fourth-order valence-corrected chi connectivity index (χ4v) is 3.82. The van der Waals surface area contributed by atoms with Crippen molar-refractivity contribution in [3.05, 3.63) is 0 Å². The van der Waals surface area contributed by atoms with Crippen LogP contribution in [0.3, 0.4) is 0 Å². The van der Waals surface area contributed by atoms with E-state index in [9.17, 15) is 5.11 Å². The number of aliphatic hydroxyl groups is 1. The molecule has 4 atom stereocenters. The highest BCUT2D eigenvalue weighted by atomic mass is 16.5. The molecule has 3 heteroatoms. The summed E-state index contributed by atoms with van der Waals surface area (Å²) in [5, 5.41) is 10.6. The topological polar surface area (TPSA) is 32.7 Å². The van der Waals surface area contributed by atoms with Gasteiger partial charge in [0.25, 0.3) is 0 Å². The van der Waals surface area contributed by atoms with E-state index < -0.39 is 0 Å². The second kappa shape index (κ2) is 6.36. The molecule has 4 unspecified atom stereocenters. The van der Waals surface area contributed by atoms with Crippen LogP contribution < -0.4 is 0 Å². The van der Waals surface area contributed by atoms with Crippen LogP contribution in [0.25, 0.3) is 0 Å². The Balaban J connectivity index is 1.91. The molecule has 1 aliphatic heterocycles. The Morgan fingerprint density at radius 2 is 1.89 bits per heavy atom. The van der Waals surface area contributed by atoms with Gasteiger partial charge < -0.3 is 9.84 Å². The van der Waals surface area contributed by atoms with E-state index in [-0.39, 0.29) is 12.2 Å². The summed E-state index contributed by atoms with van der Waals surface area (Å²) in [6.07, 6.45) is 3.40. The maximum atomic E-state index is 10.6. The number of likely N-dealkylation sites (N-methyl/N-ethyl adjacent to an activating group) is 1. The summed E-state index contributed by atoms with van der Waals surface area (Å²) >= 11 is 0. The van der Waals surface area contributed by atoms with Crippen molar-refractivity contribution in [3.63, 3.8) is 0 Å². The average Bonchev–Trinajstić information content (AvgIpc) is 2.37. The number of morpholine rings is 1. The number of ether oxygens (including phenoxy) is 1. The van der Waals surface area contributed by atoms with Gasteiger partial charge in [-0.05, 0) is 43.6 Å². The molecule has 1 N–H and O–H groups in total. The van der Waals surface area contributed by atoms with Crippen molar-refractivity contribution in [2.75, 3.05) is 26.2 Å². The third-order valence-electron chi connectivity index (χ3n) is 4.70. The first-order chi connectivity index (χ1) is 8.60. The predicted octanol–water partition coefficient (Wildman–Crippen LogP) is 2.14. The van der Waals surface area contributed by atoms with Gasteiger partial charge in [-0.15, -0.1) is 0 Å². The number of hydrogen-bond acceptors (Lipinski definition) is 3. The Morgan fingerprint density at radius 3 is 2.50 bits per heavy atom. The summed E-state index contributed by atoms with van der Waals surface area (Å²) in [4.78, 5) is 2.38. The summed E-state index contributed by atoms with van der Waals surface area (Å²) in [6.45, 7) is 10.6. The predicted molar refractivity (Wildman–Crippen MR) is 73.5 cm³/mol. The Bertz CT molecular complexity index is 249. The van der Waals surface area contributed by atoms with Crippen LogP contribution in [0, 0.1) is 17.8 Å². The van der Waals surface area contributed by atoms with E-state index in [1.807, 2.05) is 0 Å². The molecule has 0 aromatic heterocycles. The first-order valence-corrected chi connectivity index (χ1v) is 7.62. The minimum Gasteiger partial charge on any atom is -0.390 e. The lowest BCUT2D eigenvalue weighted by atomic mass is 9.73. The molecule has 0 amide bonds.